The second-order valence-electron chi connectivity index (χ2n) is 2.21. The summed E-state index contributed by atoms with van der Waals surface area (Å²) in [5, 5.41) is 0. The van der Waals surface area contributed by atoms with Crippen molar-refractivity contribution in [3.05, 3.63) is 18.4 Å². The van der Waals surface area contributed by atoms with Crippen molar-refractivity contribution >= 4 is 11.6 Å². The van der Waals surface area contributed by atoms with Crippen molar-refractivity contribution in [1.82, 2.24) is 0 Å². The van der Waals surface area contributed by atoms with E-state index in [1.165, 1.54) is 19.9 Å². The zero-order valence-corrected chi connectivity index (χ0v) is 8.56. The van der Waals surface area contributed by atoms with E-state index >= 15 is 0 Å². The number of hydrogen-bond acceptors (Lipinski definition) is 3. The molecular weight excluding hydrogens is 196 g/mol. The van der Waals surface area contributed by atoms with Gasteiger partial charge in [-0.2, -0.15) is 6.61 Å². The number of hydrogen-bond donors (Lipinski definition) is 0. The summed E-state index contributed by atoms with van der Waals surface area (Å²) in [5.41, 5.74) is 0. The summed E-state index contributed by atoms with van der Waals surface area (Å²) in [4.78, 5) is 20.8. The van der Waals surface area contributed by atoms with Gasteiger partial charge in [0.05, 0.1) is 5.76 Å². The number of carbonyl (C=O) groups is 2. The van der Waals surface area contributed by atoms with Crippen molar-refractivity contribution < 1.29 is 31.7 Å². The Bertz CT molecular complexity index is 196. The molecule has 0 fully saturated rings. The Morgan fingerprint density at radius 3 is 2.08 bits per heavy atom. The van der Waals surface area contributed by atoms with Crippen LogP contribution in [0.5, 0.6) is 0 Å². The molecule has 0 radical (unpaired) electrons. The Morgan fingerprint density at radius 2 is 1.75 bits per heavy atom. The van der Waals surface area contributed by atoms with E-state index in [4.69, 9.17) is 4.74 Å². The van der Waals surface area contributed by atoms with Crippen LogP contribution >= 0.6 is 0 Å². The van der Waals surface area contributed by atoms with Gasteiger partial charge >= 0.3 is 0 Å². The molecule has 0 saturated carbocycles. The van der Waals surface area contributed by atoms with Crippen LogP contribution in [0.15, 0.2) is 11.8 Å². The van der Waals surface area contributed by atoms with Gasteiger partial charge in [-0.3, -0.25) is 4.79 Å². The first-order chi connectivity index (χ1) is 5.02. The van der Waals surface area contributed by atoms with Crippen molar-refractivity contribution in [2.24, 2.45) is 0 Å². The van der Waals surface area contributed by atoms with E-state index in [2.05, 4.69) is 0 Å². The molecule has 0 unspecified atom stereocenters. The van der Waals surface area contributed by atoms with E-state index in [-0.39, 0.29) is 28.9 Å². The first-order valence-electron chi connectivity index (χ1n) is 3.21. The van der Waals surface area contributed by atoms with E-state index in [0.717, 1.165) is 6.61 Å². The fraction of sp³-hybridized carbons (Fsp3) is 0.375. The number of ether oxygens (including phenoxy) is 1. The molecule has 0 aliphatic carbocycles. The van der Waals surface area contributed by atoms with Crippen LogP contribution in [0.2, 0.25) is 0 Å². The molecule has 4 heteroatoms. The molecule has 0 amide bonds. The Hall–Kier alpha value is -0.718. The van der Waals surface area contributed by atoms with E-state index in [1.807, 2.05) is 0 Å². The predicted molar refractivity (Wildman–Crippen MR) is 40.5 cm³/mol. The maximum absolute atomic E-state index is 10.4. The number of allylic oxidation sites excluding steroid dienone is 2. The standard InChI is InChI=1S/C8H11O3.Cr/c1-6(9)4-8(3)11-5-7(2)10;/h4-5H,1-3H3;/q-1;/b8-4-;. The van der Waals surface area contributed by atoms with E-state index in [0.29, 0.717) is 5.76 Å². The summed E-state index contributed by atoms with van der Waals surface area (Å²) < 4.78 is 4.78. The van der Waals surface area contributed by atoms with E-state index < -0.39 is 0 Å². The topological polar surface area (TPSA) is 43.4 Å². The van der Waals surface area contributed by atoms with Crippen LogP contribution in [0.3, 0.4) is 0 Å². The second-order valence-corrected chi connectivity index (χ2v) is 2.21. The SMILES string of the molecule is CC(=O)/C=C(/C)O[CH-]C(C)=O.[Cr]. The molecule has 0 spiro atoms. The number of carbonyl (C=O) groups excluding carboxylic acids is 2. The Balaban J connectivity index is 0. The Labute approximate surface area is 82.9 Å². The first kappa shape index (κ1) is 13.8. The van der Waals surface area contributed by atoms with Crippen molar-refractivity contribution in [2.45, 2.75) is 20.8 Å². The summed E-state index contributed by atoms with van der Waals surface area (Å²) in [6.07, 6.45) is 1.32. The average Bonchev–Trinajstić information content (AvgIpc) is 1.82. The zero-order chi connectivity index (χ0) is 8.85. The number of rotatable bonds is 4. The molecule has 0 rings (SSSR count). The van der Waals surface area contributed by atoms with Crippen molar-refractivity contribution in [2.75, 3.05) is 0 Å². The maximum Gasteiger partial charge on any atom is 0.155 e. The van der Waals surface area contributed by atoms with E-state index in [1.54, 1.807) is 6.92 Å². The van der Waals surface area contributed by atoms with Crippen LogP contribution in [-0.4, -0.2) is 11.6 Å². The average molecular weight is 207 g/mol. The normalized spacial score (nSPS) is 9.75. The minimum absolute atomic E-state index is 0. The quantitative estimate of drug-likeness (QED) is 0.396. The van der Waals surface area contributed by atoms with Crippen molar-refractivity contribution in [3.8, 4) is 0 Å². The molecule has 0 N–H and O–H groups in total. The Morgan fingerprint density at radius 1 is 1.25 bits per heavy atom. The van der Waals surface area contributed by atoms with Gasteiger partial charge in [0.15, 0.2) is 5.78 Å². The van der Waals surface area contributed by atoms with E-state index in [9.17, 15) is 9.59 Å². The van der Waals surface area contributed by atoms with Crippen LogP contribution in [0, 0.1) is 6.61 Å². The fourth-order valence-corrected chi connectivity index (χ4v) is 0.496. The third kappa shape index (κ3) is 9.28. The van der Waals surface area contributed by atoms with Crippen LogP contribution in [-0.2, 0) is 31.7 Å². The molecule has 12 heavy (non-hydrogen) atoms. The second kappa shape index (κ2) is 6.96. The van der Waals surface area contributed by atoms with Crippen LogP contribution in [0.4, 0.5) is 0 Å². The summed E-state index contributed by atoms with van der Waals surface area (Å²) in [5.74, 6) is 0.147. The molecule has 0 atom stereocenters. The van der Waals surface area contributed by atoms with Crippen LogP contribution in [0.1, 0.15) is 20.8 Å². The van der Waals surface area contributed by atoms with Gasteiger partial charge in [0.25, 0.3) is 0 Å². The van der Waals surface area contributed by atoms with Crippen LogP contribution in [0.25, 0.3) is 0 Å². The van der Waals surface area contributed by atoms with Gasteiger partial charge in [-0.25, -0.2) is 0 Å². The summed E-state index contributed by atoms with van der Waals surface area (Å²) in [6, 6.07) is 0. The maximum atomic E-state index is 10.4. The minimum atomic E-state index is -0.179. The number of ketones is 2. The third-order valence-corrected chi connectivity index (χ3v) is 0.817. The minimum Gasteiger partial charge on any atom is -0.639 e. The van der Waals surface area contributed by atoms with Gasteiger partial charge < -0.3 is 9.53 Å². The molecule has 68 valence electrons. The molecule has 0 aromatic carbocycles. The molecule has 0 aromatic rings. The third-order valence-electron chi connectivity index (χ3n) is 0.817. The summed E-state index contributed by atoms with van der Waals surface area (Å²) in [6.45, 7) is 5.47. The monoisotopic (exact) mass is 207 g/mol. The summed E-state index contributed by atoms with van der Waals surface area (Å²) >= 11 is 0. The van der Waals surface area contributed by atoms with Gasteiger partial charge in [-0.05, 0) is 20.8 Å². The predicted octanol–water partition coefficient (Wildman–Crippen LogP) is 1.24. The molecule has 0 bridgehead atoms. The van der Waals surface area contributed by atoms with Gasteiger partial charge in [0.2, 0.25) is 0 Å². The molecule has 0 aromatic heterocycles. The molecule has 0 aliphatic heterocycles. The Kier molecular flexibility index (Phi) is 8.03. The first-order valence-corrected chi connectivity index (χ1v) is 3.21. The van der Waals surface area contributed by atoms with Gasteiger partial charge in [0, 0.05) is 29.2 Å². The zero-order valence-electron chi connectivity index (χ0n) is 7.29. The van der Waals surface area contributed by atoms with Crippen molar-refractivity contribution in [3.63, 3.8) is 0 Å². The molecular formula is C8H11CrO3-. The van der Waals surface area contributed by atoms with Gasteiger partial charge in [-0.1, -0.05) is 0 Å². The fourth-order valence-electron chi connectivity index (χ4n) is 0.496. The van der Waals surface area contributed by atoms with Crippen molar-refractivity contribution in [1.29, 1.82) is 0 Å². The van der Waals surface area contributed by atoms with Crippen LogP contribution < -0.4 is 0 Å². The molecule has 0 saturated heterocycles. The van der Waals surface area contributed by atoms with Gasteiger partial charge in [0.1, 0.15) is 0 Å². The summed E-state index contributed by atoms with van der Waals surface area (Å²) in [7, 11) is 0. The molecule has 0 heterocycles. The smallest absolute Gasteiger partial charge is 0.155 e. The molecule has 3 nitrogen and oxygen atoms in total. The molecule has 0 aliphatic rings. The largest absolute Gasteiger partial charge is 0.639 e. The van der Waals surface area contributed by atoms with Gasteiger partial charge in [-0.15, -0.1) is 0 Å². The number of Topliss-reactive ketones (excluding diaryl/α,β-unsaturated/α-hetero) is 1.